The second-order valence-electron chi connectivity index (χ2n) is 4.76. The number of halogens is 1. The first kappa shape index (κ1) is 14.6. The Bertz CT molecular complexity index is 537. The molecule has 0 aliphatic carbocycles. The topological polar surface area (TPSA) is 89.9 Å². The Hall–Kier alpha value is -1.79. The first-order chi connectivity index (χ1) is 9.42. The highest BCUT2D eigenvalue weighted by molar-refractivity contribution is 6.31. The minimum Gasteiger partial charge on any atom is -0.479 e. The maximum absolute atomic E-state index is 11.9. The molecular formula is C13H15ClN2O4. The molecular weight excluding hydrogens is 284 g/mol. The summed E-state index contributed by atoms with van der Waals surface area (Å²) in [7, 11) is 0. The lowest BCUT2D eigenvalue weighted by molar-refractivity contribution is -0.156. The minimum atomic E-state index is -1.85. The lowest BCUT2D eigenvalue weighted by Crippen LogP contribution is -2.45. The summed E-state index contributed by atoms with van der Waals surface area (Å²) in [6.45, 7) is 0.244. The van der Waals surface area contributed by atoms with Crippen molar-refractivity contribution in [2.75, 3.05) is 13.1 Å². The Labute approximate surface area is 121 Å². The molecule has 1 unspecified atom stereocenters. The quantitative estimate of drug-likeness (QED) is 0.778. The number of amides is 2. The number of carboxylic acid groups (broad SMARTS) is 1. The smallest absolute Gasteiger partial charge is 0.337 e. The van der Waals surface area contributed by atoms with E-state index < -0.39 is 17.6 Å². The molecule has 2 amide bonds. The summed E-state index contributed by atoms with van der Waals surface area (Å²) in [4.78, 5) is 24.1. The van der Waals surface area contributed by atoms with E-state index in [9.17, 15) is 14.7 Å². The van der Waals surface area contributed by atoms with Gasteiger partial charge in [-0.2, -0.15) is 0 Å². The van der Waals surface area contributed by atoms with E-state index >= 15 is 0 Å². The number of carbonyl (C=O) groups excluding carboxylic acids is 1. The van der Waals surface area contributed by atoms with Gasteiger partial charge in [-0.25, -0.2) is 9.59 Å². The Kier molecular flexibility index (Phi) is 4.15. The number of aliphatic carboxylic acids is 1. The van der Waals surface area contributed by atoms with Crippen LogP contribution in [0, 0.1) is 0 Å². The molecule has 1 aliphatic rings. The van der Waals surface area contributed by atoms with Crippen LogP contribution in [0.2, 0.25) is 5.02 Å². The van der Waals surface area contributed by atoms with E-state index in [2.05, 4.69) is 5.32 Å². The number of carboxylic acids is 1. The number of likely N-dealkylation sites (tertiary alicyclic amines) is 1. The number of urea groups is 1. The standard InChI is InChI=1S/C13H15ClN2O4/c14-10-4-2-1-3-9(10)7-15-12(19)16-6-5-13(20,8-16)11(17)18/h1-4,20H,5-8H2,(H,15,19)(H,17,18). The molecule has 2 rings (SSSR count). The van der Waals surface area contributed by atoms with Crippen LogP contribution in [0.15, 0.2) is 24.3 Å². The average molecular weight is 299 g/mol. The fourth-order valence-corrected chi connectivity index (χ4v) is 2.27. The highest BCUT2D eigenvalue weighted by atomic mass is 35.5. The highest BCUT2D eigenvalue weighted by Gasteiger charge is 2.44. The number of rotatable bonds is 3. The van der Waals surface area contributed by atoms with Crippen LogP contribution in [0.5, 0.6) is 0 Å². The SMILES string of the molecule is O=C(NCc1ccccc1Cl)N1CCC(O)(C(=O)O)C1. The van der Waals surface area contributed by atoms with Gasteiger partial charge in [0.1, 0.15) is 0 Å². The Balaban J connectivity index is 1.91. The molecule has 3 N–H and O–H groups in total. The van der Waals surface area contributed by atoms with Crippen LogP contribution in [0.25, 0.3) is 0 Å². The summed E-state index contributed by atoms with van der Waals surface area (Å²) >= 11 is 5.97. The predicted molar refractivity (Wildman–Crippen MR) is 72.5 cm³/mol. The number of nitrogens with one attached hydrogen (secondary N) is 1. The number of β-amino-alcohol motifs (C(OH)–C–C–N with tert-alkyl or cyclic N) is 1. The summed E-state index contributed by atoms with van der Waals surface area (Å²) in [5.74, 6) is -1.31. The lowest BCUT2D eigenvalue weighted by Gasteiger charge is -2.19. The molecule has 108 valence electrons. The van der Waals surface area contributed by atoms with Crippen molar-refractivity contribution in [1.29, 1.82) is 0 Å². The van der Waals surface area contributed by atoms with E-state index in [1.54, 1.807) is 18.2 Å². The predicted octanol–water partition coefficient (Wildman–Crippen LogP) is 1.07. The Morgan fingerprint density at radius 3 is 2.70 bits per heavy atom. The monoisotopic (exact) mass is 298 g/mol. The van der Waals surface area contributed by atoms with Crippen molar-refractivity contribution in [2.24, 2.45) is 0 Å². The van der Waals surface area contributed by atoms with Crippen LogP contribution < -0.4 is 5.32 Å². The van der Waals surface area contributed by atoms with Gasteiger partial charge in [0.15, 0.2) is 5.60 Å². The van der Waals surface area contributed by atoms with Gasteiger partial charge in [0, 0.05) is 24.5 Å². The molecule has 0 radical (unpaired) electrons. The van der Waals surface area contributed by atoms with Gasteiger partial charge in [0.25, 0.3) is 0 Å². The van der Waals surface area contributed by atoms with Gasteiger partial charge >= 0.3 is 12.0 Å². The van der Waals surface area contributed by atoms with E-state index in [1.807, 2.05) is 6.07 Å². The van der Waals surface area contributed by atoms with Crippen molar-refractivity contribution in [2.45, 2.75) is 18.6 Å². The summed E-state index contributed by atoms with van der Waals surface area (Å²) in [5, 5.41) is 21.9. The zero-order chi connectivity index (χ0) is 14.8. The zero-order valence-corrected chi connectivity index (χ0v) is 11.4. The van der Waals surface area contributed by atoms with E-state index in [0.717, 1.165) is 5.56 Å². The molecule has 1 fully saturated rings. The highest BCUT2D eigenvalue weighted by Crippen LogP contribution is 2.21. The third-order valence-corrected chi connectivity index (χ3v) is 3.69. The van der Waals surface area contributed by atoms with E-state index in [-0.39, 0.29) is 26.1 Å². The van der Waals surface area contributed by atoms with Crippen molar-refractivity contribution < 1.29 is 19.8 Å². The van der Waals surface area contributed by atoms with Crippen molar-refractivity contribution in [3.05, 3.63) is 34.9 Å². The minimum absolute atomic E-state index is 0.0296. The van der Waals surface area contributed by atoms with Crippen LogP contribution in [0.3, 0.4) is 0 Å². The third kappa shape index (κ3) is 3.02. The van der Waals surface area contributed by atoms with Crippen LogP contribution in [-0.2, 0) is 11.3 Å². The number of hydrogen-bond acceptors (Lipinski definition) is 3. The van der Waals surface area contributed by atoms with Gasteiger partial charge in [-0.15, -0.1) is 0 Å². The van der Waals surface area contributed by atoms with Crippen molar-refractivity contribution in [3.63, 3.8) is 0 Å². The van der Waals surface area contributed by atoms with Gasteiger partial charge in [-0.3, -0.25) is 0 Å². The molecule has 1 heterocycles. The fraction of sp³-hybridized carbons (Fsp3) is 0.385. The molecule has 1 aromatic rings. The van der Waals surface area contributed by atoms with Crippen molar-refractivity contribution in [3.8, 4) is 0 Å². The number of nitrogens with zero attached hydrogens (tertiary/aromatic N) is 1. The van der Waals surface area contributed by atoms with E-state index in [1.165, 1.54) is 4.90 Å². The molecule has 0 spiro atoms. The molecule has 6 nitrogen and oxygen atoms in total. The normalized spacial score (nSPS) is 21.8. The maximum Gasteiger partial charge on any atom is 0.337 e. The first-order valence-corrected chi connectivity index (χ1v) is 6.52. The molecule has 7 heteroatoms. The number of hydrogen-bond donors (Lipinski definition) is 3. The summed E-state index contributed by atoms with van der Waals surface area (Å²) < 4.78 is 0. The van der Waals surface area contributed by atoms with Gasteiger partial charge in [0.05, 0.1) is 6.54 Å². The second kappa shape index (κ2) is 5.68. The van der Waals surface area contributed by atoms with Crippen molar-refractivity contribution in [1.82, 2.24) is 10.2 Å². The number of aliphatic hydroxyl groups is 1. The second-order valence-corrected chi connectivity index (χ2v) is 5.17. The molecule has 0 bridgehead atoms. The van der Waals surface area contributed by atoms with Gasteiger partial charge < -0.3 is 20.4 Å². The van der Waals surface area contributed by atoms with Crippen molar-refractivity contribution >= 4 is 23.6 Å². The summed E-state index contributed by atoms with van der Waals surface area (Å²) in [5.41, 5.74) is -1.07. The van der Waals surface area contributed by atoms with Crippen LogP contribution >= 0.6 is 11.6 Å². The lowest BCUT2D eigenvalue weighted by atomic mass is 10.0. The molecule has 0 saturated carbocycles. The largest absolute Gasteiger partial charge is 0.479 e. The third-order valence-electron chi connectivity index (χ3n) is 3.32. The molecule has 1 aromatic carbocycles. The first-order valence-electron chi connectivity index (χ1n) is 6.14. The van der Waals surface area contributed by atoms with Gasteiger partial charge in [0.2, 0.25) is 0 Å². The van der Waals surface area contributed by atoms with Crippen LogP contribution in [0.4, 0.5) is 4.79 Å². The van der Waals surface area contributed by atoms with Gasteiger partial charge in [-0.05, 0) is 11.6 Å². The number of carbonyl (C=O) groups is 2. The average Bonchev–Trinajstić information content (AvgIpc) is 2.82. The molecule has 1 aliphatic heterocycles. The van der Waals surface area contributed by atoms with E-state index in [0.29, 0.717) is 5.02 Å². The maximum atomic E-state index is 11.9. The Morgan fingerprint density at radius 2 is 2.10 bits per heavy atom. The molecule has 20 heavy (non-hydrogen) atoms. The van der Waals surface area contributed by atoms with E-state index in [4.69, 9.17) is 16.7 Å². The number of benzene rings is 1. The fourth-order valence-electron chi connectivity index (χ4n) is 2.07. The summed E-state index contributed by atoms with van der Waals surface area (Å²) in [6, 6.07) is 6.71. The van der Waals surface area contributed by atoms with Gasteiger partial charge in [-0.1, -0.05) is 29.8 Å². The summed E-state index contributed by atoms with van der Waals surface area (Å²) in [6.07, 6.45) is 0.0296. The van der Waals surface area contributed by atoms with Crippen LogP contribution in [0.1, 0.15) is 12.0 Å². The molecule has 1 saturated heterocycles. The zero-order valence-electron chi connectivity index (χ0n) is 10.7. The molecule has 0 aromatic heterocycles. The molecule has 1 atom stereocenters. The Morgan fingerprint density at radius 1 is 1.40 bits per heavy atom. The van der Waals surface area contributed by atoms with Crippen LogP contribution in [-0.4, -0.2) is 45.8 Å².